The van der Waals surface area contributed by atoms with E-state index in [2.05, 4.69) is 10.6 Å². The monoisotopic (exact) mass is 336 g/mol. The molecule has 6 heteroatoms. The van der Waals surface area contributed by atoms with Crippen LogP contribution in [0.25, 0.3) is 0 Å². The van der Waals surface area contributed by atoms with Crippen LogP contribution in [-0.2, 0) is 9.59 Å². The van der Waals surface area contributed by atoms with Gasteiger partial charge in [0, 0.05) is 5.69 Å². The topological polar surface area (TPSA) is 58.2 Å². The van der Waals surface area contributed by atoms with Crippen LogP contribution in [-0.4, -0.2) is 11.8 Å². The van der Waals surface area contributed by atoms with E-state index < -0.39 is 11.8 Å². The van der Waals surface area contributed by atoms with Gasteiger partial charge in [0.25, 0.3) is 0 Å². The predicted molar refractivity (Wildman–Crippen MR) is 89.6 cm³/mol. The highest BCUT2D eigenvalue weighted by Crippen LogP contribution is 2.29. The SMILES string of the molecule is Cc1cc(C)cc(NC(=O)C(=O)Nc2c(Cl)cccc2Cl)c1. The first kappa shape index (κ1) is 16.3. The lowest BCUT2D eigenvalue weighted by molar-refractivity contribution is -0.132. The van der Waals surface area contributed by atoms with Crippen LogP contribution >= 0.6 is 23.2 Å². The Morgan fingerprint density at radius 2 is 1.36 bits per heavy atom. The number of hydrogen-bond acceptors (Lipinski definition) is 2. The maximum absolute atomic E-state index is 12.0. The fourth-order valence-corrected chi connectivity index (χ4v) is 2.51. The molecule has 2 aromatic rings. The Hall–Kier alpha value is -2.04. The molecule has 114 valence electrons. The predicted octanol–water partition coefficient (Wildman–Crippen LogP) is 4.19. The molecular weight excluding hydrogens is 323 g/mol. The first-order chi connectivity index (χ1) is 10.4. The van der Waals surface area contributed by atoms with Crippen molar-refractivity contribution in [3.8, 4) is 0 Å². The van der Waals surface area contributed by atoms with Crippen LogP contribution in [0.1, 0.15) is 11.1 Å². The van der Waals surface area contributed by atoms with Crippen molar-refractivity contribution in [3.63, 3.8) is 0 Å². The van der Waals surface area contributed by atoms with Gasteiger partial charge < -0.3 is 10.6 Å². The van der Waals surface area contributed by atoms with E-state index in [4.69, 9.17) is 23.2 Å². The van der Waals surface area contributed by atoms with Crippen molar-refractivity contribution in [1.82, 2.24) is 0 Å². The van der Waals surface area contributed by atoms with E-state index in [9.17, 15) is 9.59 Å². The molecule has 2 aromatic carbocycles. The van der Waals surface area contributed by atoms with Gasteiger partial charge in [-0.2, -0.15) is 0 Å². The lowest BCUT2D eigenvalue weighted by Gasteiger charge is -2.10. The van der Waals surface area contributed by atoms with E-state index in [1.165, 1.54) is 0 Å². The molecular formula is C16H14Cl2N2O2. The molecule has 2 rings (SSSR count). The number of halogens is 2. The second-order valence-electron chi connectivity index (χ2n) is 4.88. The highest BCUT2D eigenvalue weighted by molar-refractivity contribution is 6.46. The molecule has 0 atom stereocenters. The van der Waals surface area contributed by atoms with Crippen molar-refractivity contribution in [1.29, 1.82) is 0 Å². The second-order valence-corrected chi connectivity index (χ2v) is 5.70. The molecule has 0 aliphatic heterocycles. The minimum atomic E-state index is -0.839. The smallest absolute Gasteiger partial charge is 0.314 e. The number of hydrogen-bond donors (Lipinski definition) is 2. The van der Waals surface area contributed by atoms with Gasteiger partial charge in [0.05, 0.1) is 15.7 Å². The third-order valence-corrected chi connectivity index (χ3v) is 3.52. The summed E-state index contributed by atoms with van der Waals surface area (Å²) in [6.45, 7) is 3.82. The molecule has 0 spiro atoms. The van der Waals surface area contributed by atoms with Gasteiger partial charge in [0.15, 0.2) is 0 Å². The fourth-order valence-electron chi connectivity index (χ4n) is 2.02. The minimum absolute atomic E-state index is 0.214. The number of amides is 2. The van der Waals surface area contributed by atoms with Crippen molar-refractivity contribution in [2.45, 2.75) is 13.8 Å². The molecule has 0 saturated carbocycles. The summed E-state index contributed by atoms with van der Waals surface area (Å²) in [4.78, 5) is 23.9. The zero-order chi connectivity index (χ0) is 16.3. The molecule has 0 radical (unpaired) electrons. The molecule has 0 saturated heterocycles. The summed E-state index contributed by atoms with van der Waals surface area (Å²) in [5, 5.41) is 5.49. The van der Waals surface area contributed by atoms with Gasteiger partial charge in [0.1, 0.15) is 0 Å². The number of aryl methyl sites for hydroxylation is 2. The zero-order valence-corrected chi connectivity index (χ0v) is 13.5. The van der Waals surface area contributed by atoms with E-state index in [1.807, 2.05) is 19.9 Å². The van der Waals surface area contributed by atoms with Crippen LogP contribution < -0.4 is 10.6 Å². The van der Waals surface area contributed by atoms with E-state index >= 15 is 0 Å². The van der Waals surface area contributed by atoms with Crippen LogP contribution in [0.4, 0.5) is 11.4 Å². The molecule has 4 nitrogen and oxygen atoms in total. The van der Waals surface area contributed by atoms with Crippen LogP contribution in [0.5, 0.6) is 0 Å². The van der Waals surface area contributed by atoms with E-state index in [0.717, 1.165) is 11.1 Å². The van der Waals surface area contributed by atoms with Gasteiger partial charge in [-0.15, -0.1) is 0 Å². The lowest BCUT2D eigenvalue weighted by Crippen LogP contribution is -2.29. The molecule has 0 fully saturated rings. The van der Waals surface area contributed by atoms with Crippen molar-refractivity contribution in [2.75, 3.05) is 10.6 Å². The quantitative estimate of drug-likeness (QED) is 0.808. The second kappa shape index (κ2) is 6.81. The summed E-state index contributed by atoms with van der Waals surface area (Å²) < 4.78 is 0. The Labute approximate surface area is 138 Å². The van der Waals surface area contributed by atoms with Gasteiger partial charge in [0.2, 0.25) is 0 Å². The molecule has 2 amide bonds. The number of benzene rings is 2. The average molecular weight is 337 g/mol. The number of rotatable bonds is 2. The molecule has 0 heterocycles. The Bertz CT molecular complexity index is 704. The van der Waals surface area contributed by atoms with Crippen molar-refractivity contribution >= 4 is 46.4 Å². The maximum atomic E-state index is 12.0. The fraction of sp³-hybridized carbons (Fsp3) is 0.125. The molecule has 0 unspecified atom stereocenters. The van der Waals surface area contributed by atoms with Gasteiger partial charge in [-0.1, -0.05) is 35.3 Å². The number of para-hydroxylation sites is 1. The molecule has 2 N–H and O–H groups in total. The summed E-state index contributed by atoms with van der Waals surface area (Å²) >= 11 is 11.9. The number of carbonyl (C=O) groups is 2. The summed E-state index contributed by atoms with van der Waals surface area (Å²) in [5.74, 6) is -1.63. The standard InChI is InChI=1S/C16H14Cl2N2O2/c1-9-6-10(2)8-11(7-9)19-15(21)16(22)20-14-12(17)4-3-5-13(14)18/h3-8H,1-2H3,(H,19,21)(H,20,22). The first-order valence-electron chi connectivity index (χ1n) is 6.51. The molecule has 22 heavy (non-hydrogen) atoms. The normalized spacial score (nSPS) is 10.2. The molecule has 0 bridgehead atoms. The van der Waals surface area contributed by atoms with E-state index in [-0.39, 0.29) is 15.7 Å². The number of anilines is 2. The first-order valence-corrected chi connectivity index (χ1v) is 7.27. The Morgan fingerprint density at radius 1 is 0.864 bits per heavy atom. The molecule has 0 aliphatic rings. The van der Waals surface area contributed by atoms with Crippen LogP contribution in [0.2, 0.25) is 10.0 Å². The van der Waals surface area contributed by atoms with Crippen molar-refractivity contribution in [2.24, 2.45) is 0 Å². The average Bonchev–Trinajstić information content (AvgIpc) is 2.41. The van der Waals surface area contributed by atoms with E-state index in [1.54, 1.807) is 30.3 Å². The summed E-state index contributed by atoms with van der Waals surface area (Å²) in [6, 6.07) is 10.3. The van der Waals surface area contributed by atoms with Gasteiger partial charge in [-0.3, -0.25) is 9.59 Å². The Kier molecular flexibility index (Phi) is 5.06. The van der Waals surface area contributed by atoms with Crippen molar-refractivity contribution in [3.05, 3.63) is 57.6 Å². The number of carbonyl (C=O) groups excluding carboxylic acids is 2. The van der Waals surface area contributed by atoms with Crippen LogP contribution in [0.3, 0.4) is 0 Å². The molecule has 0 aromatic heterocycles. The zero-order valence-electron chi connectivity index (χ0n) is 12.0. The van der Waals surface area contributed by atoms with Gasteiger partial charge in [-0.25, -0.2) is 0 Å². The summed E-state index contributed by atoms with van der Waals surface area (Å²) in [5.41, 5.74) is 2.75. The van der Waals surface area contributed by atoms with E-state index in [0.29, 0.717) is 5.69 Å². The van der Waals surface area contributed by atoms with Crippen LogP contribution in [0.15, 0.2) is 36.4 Å². The number of nitrogens with one attached hydrogen (secondary N) is 2. The summed E-state index contributed by atoms with van der Waals surface area (Å²) in [7, 11) is 0. The maximum Gasteiger partial charge on any atom is 0.314 e. The largest absolute Gasteiger partial charge is 0.318 e. The third-order valence-electron chi connectivity index (χ3n) is 2.89. The highest BCUT2D eigenvalue weighted by atomic mass is 35.5. The Balaban J connectivity index is 2.11. The highest BCUT2D eigenvalue weighted by Gasteiger charge is 2.17. The Morgan fingerprint density at radius 3 is 1.91 bits per heavy atom. The van der Waals surface area contributed by atoms with Gasteiger partial charge in [-0.05, 0) is 49.2 Å². The lowest BCUT2D eigenvalue weighted by atomic mass is 10.1. The molecule has 0 aliphatic carbocycles. The van der Waals surface area contributed by atoms with Gasteiger partial charge >= 0.3 is 11.8 Å². The summed E-state index contributed by atoms with van der Waals surface area (Å²) in [6.07, 6.45) is 0. The third kappa shape index (κ3) is 4.00. The van der Waals surface area contributed by atoms with Crippen molar-refractivity contribution < 1.29 is 9.59 Å². The minimum Gasteiger partial charge on any atom is -0.318 e. The van der Waals surface area contributed by atoms with Crippen LogP contribution in [0, 0.1) is 13.8 Å².